The molecular formula is C19H20N2O3. The predicted molar refractivity (Wildman–Crippen MR) is 93.3 cm³/mol. The molecule has 0 aromatic heterocycles. The van der Waals surface area contributed by atoms with Crippen molar-refractivity contribution < 1.29 is 14.3 Å². The molecule has 1 heterocycles. The summed E-state index contributed by atoms with van der Waals surface area (Å²) in [5, 5.41) is 2.83. The van der Waals surface area contributed by atoms with Gasteiger partial charge in [0.2, 0.25) is 5.91 Å². The largest absolute Gasteiger partial charge is 0.484 e. The summed E-state index contributed by atoms with van der Waals surface area (Å²) < 4.78 is 5.51. The number of rotatable bonds is 5. The van der Waals surface area contributed by atoms with Crippen LogP contribution in [0.25, 0.3) is 0 Å². The smallest absolute Gasteiger partial charge is 0.262 e. The summed E-state index contributed by atoms with van der Waals surface area (Å²) in [5.74, 6) is 0.551. The number of anilines is 2. The van der Waals surface area contributed by atoms with Crippen LogP contribution < -0.4 is 15.0 Å². The van der Waals surface area contributed by atoms with Gasteiger partial charge in [0.15, 0.2) is 6.61 Å². The third-order valence-corrected chi connectivity index (χ3v) is 4.01. The number of nitrogens with one attached hydrogen (secondary N) is 1. The van der Waals surface area contributed by atoms with E-state index >= 15 is 0 Å². The second kappa shape index (κ2) is 7.17. The molecule has 24 heavy (non-hydrogen) atoms. The molecule has 1 aliphatic heterocycles. The van der Waals surface area contributed by atoms with E-state index in [2.05, 4.69) is 5.32 Å². The molecule has 2 amide bonds. The number of para-hydroxylation sites is 1. The van der Waals surface area contributed by atoms with Crippen molar-refractivity contribution in [3.8, 4) is 5.75 Å². The first-order valence-electron chi connectivity index (χ1n) is 8.02. The fourth-order valence-electron chi connectivity index (χ4n) is 2.69. The van der Waals surface area contributed by atoms with Gasteiger partial charge in [-0.15, -0.1) is 0 Å². The summed E-state index contributed by atoms with van der Waals surface area (Å²) in [6.45, 7) is 2.64. The van der Waals surface area contributed by atoms with E-state index in [1.807, 2.05) is 43.3 Å². The lowest BCUT2D eigenvalue weighted by molar-refractivity contribution is -0.118. The van der Waals surface area contributed by atoms with E-state index in [1.165, 1.54) is 0 Å². The second-order valence-electron chi connectivity index (χ2n) is 5.79. The van der Waals surface area contributed by atoms with E-state index < -0.39 is 0 Å². The van der Waals surface area contributed by atoms with Gasteiger partial charge in [-0.25, -0.2) is 0 Å². The number of nitrogens with zero attached hydrogens (tertiary/aromatic N) is 1. The van der Waals surface area contributed by atoms with Crippen LogP contribution in [0, 0.1) is 6.92 Å². The fraction of sp³-hybridized carbons (Fsp3) is 0.263. The number of amides is 2. The monoisotopic (exact) mass is 324 g/mol. The van der Waals surface area contributed by atoms with Crippen molar-refractivity contribution in [1.82, 2.24) is 0 Å². The van der Waals surface area contributed by atoms with Crippen LogP contribution in [0.2, 0.25) is 0 Å². The summed E-state index contributed by atoms with van der Waals surface area (Å²) in [6, 6.07) is 14.8. The lowest BCUT2D eigenvalue weighted by atomic mass is 10.2. The third-order valence-electron chi connectivity index (χ3n) is 4.01. The molecule has 0 radical (unpaired) electrons. The van der Waals surface area contributed by atoms with Gasteiger partial charge in [0.1, 0.15) is 5.75 Å². The molecule has 2 aromatic rings. The van der Waals surface area contributed by atoms with Crippen molar-refractivity contribution in [2.24, 2.45) is 0 Å². The lowest BCUT2D eigenvalue weighted by Gasteiger charge is -2.16. The summed E-state index contributed by atoms with van der Waals surface area (Å²) >= 11 is 0. The number of hydrogen-bond acceptors (Lipinski definition) is 3. The molecule has 0 atom stereocenters. The van der Waals surface area contributed by atoms with E-state index in [0.29, 0.717) is 12.2 Å². The molecular weight excluding hydrogens is 304 g/mol. The quantitative estimate of drug-likeness (QED) is 0.919. The zero-order valence-corrected chi connectivity index (χ0v) is 13.6. The summed E-state index contributed by atoms with van der Waals surface area (Å²) in [4.78, 5) is 25.5. The predicted octanol–water partition coefficient (Wildman–Crippen LogP) is 3.14. The maximum Gasteiger partial charge on any atom is 0.262 e. The van der Waals surface area contributed by atoms with Gasteiger partial charge in [0.25, 0.3) is 5.91 Å². The third kappa shape index (κ3) is 3.74. The normalized spacial score (nSPS) is 13.9. The Hall–Kier alpha value is -2.82. The average Bonchev–Trinajstić information content (AvgIpc) is 3.02. The summed E-state index contributed by atoms with van der Waals surface area (Å²) in [5.41, 5.74) is 2.66. The van der Waals surface area contributed by atoms with Crippen LogP contribution in [0.4, 0.5) is 11.4 Å². The fourth-order valence-corrected chi connectivity index (χ4v) is 2.69. The van der Waals surface area contributed by atoms with Crippen LogP contribution in [0.5, 0.6) is 5.75 Å². The van der Waals surface area contributed by atoms with Crippen LogP contribution in [-0.2, 0) is 9.59 Å². The molecule has 0 unspecified atom stereocenters. The minimum Gasteiger partial charge on any atom is -0.484 e. The molecule has 2 aromatic carbocycles. The van der Waals surface area contributed by atoms with E-state index in [0.717, 1.165) is 29.9 Å². The minimum absolute atomic E-state index is 0.0592. The molecule has 124 valence electrons. The van der Waals surface area contributed by atoms with Gasteiger partial charge < -0.3 is 15.0 Å². The van der Waals surface area contributed by atoms with Crippen molar-refractivity contribution >= 4 is 23.2 Å². The molecule has 3 rings (SSSR count). The highest BCUT2D eigenvalue weighted by Crippen LogP contribution is 2.24. The van der Waals surface area contributed by atoms with Gasteiger partial charge in [-0.3, -0.25) is 9.59 Å². The zero-order valence-electron chi connectivity index (χ0n) is 13.6. The van der Waals surface area contributed by atoms with Crippen molar-refractivity contribution in [3.05, 3.63) is 54.1 Å². The van der Waals surface area contributed by atoms with Gasteiger partial charge >= 0.3 is 0 Å². The maximum absolute atomic E-state index is 12.0. The molecule has 5 heteroatoms. The molecule has 0 aliphatic carbocycles. The minimum atomic E-state index is -0.205. The standard InChI is InChI=1S/C19H20N2O3/c1-14-5-2-3-6-17(14)20-18(22)13-24-16-10-8-15(9-11-16)21-12-4-7-19(21)23/h2-3,5-6,8-11H,4,7,12-13H2,1H3,(H,20,22). The van der Waals surface area contributed by atoms with Crippen molar-refractivity contribution in [2.75, 3.05) is 23.4 Å². The lowest BCUT2D eigenvalue weighted by Crippen LogP contribution is -2.23. The Morgan fingerprint density at radius 3 is 2.58 bits per heavy atom. The zero-order chi connectivity index (χ0) is 16.9. The van der Waals surface area contributed by atoms with Gasteiger partial charge in [0, 0.05) is 24.3 Å². The Morgan fingerprint density at radius 2 is 1.92 bits per heavy atom. The van der Waals surface area contributed by atoms with E-state index in [1.54, 1.807) is 17.0 Å². The number of ether oxygens (including phenoxy) is 1. The number of benzene rings is 2. The Balaban J connectivity index is 1.54. The molecule has 1 aliphatic rings. The average molecular weight is 324 g/mol. The van der Waals surface area contributed by atoms with E-state index in [-0.39, 0.29) is 18.4 Å². The number of carbonyl (C=O) groups is 2. The molecule has 0 spiro atoms. The van der Waals surface area contributed by atoms with Gasteiger partial charge in [-0.1, -0.05) is 18.2 Å². The second-order valence-corrected chi connectivity index (χ2v) is 5.79. The van der Waals surface area contributed by atoms with Crippen LogP contribution in [0.15, 0.2) is 48.5 Å². The first-order valence-corrected chi connectivity index (χ1v) is 8.02. The van der Waals surface area contributed by atoms with Gasteiger partial charge in [-0.05, 0) is 49.2 Å². The summed E-state index contributed by atoms with van der Waals surface area (Å²) in [6.07, 6.45) is 1.51. The Morgan fingerprint density at radius 1 is 1.17 bits per heavy atom. The first-order chi connectivity index (χ1) is 11.6. The number of carbonyl (C=O) groups excluding carboxylic acids is 2. The van der Waals surface area contributed by atoms with Gasteiger partial charge in [-0.2, -0.15) is 0 Å². The van der Waals surface area contributed by atoms with Gasteiger partial charge in [0.05, 0.1) is 0 Å². The Bertz CT molecular complexity index is 741. The van der Waals surface area contributed by atoms with Crippen LogP contribution in [-0.4, -0.2) is 25.0 Å². The topological polar surface area (TPSA) is 58.6 Å². The highest BCUT2D eigenvalue weighted by molar-refractivity contribution is 5.95. The van der Waals surface area contributed by atoms with Crippen LogP contribution in [0.1, 0.15) is 18.4 Å². The first kappa shape index (κ1) is 16.1. The summed E-state index contributed by atoms with van der Waals surface area (Å²) in [7, 11) is 0. The molecule has 0 saturated carbocycles. The highest BCUT2D eigenvalue weighted by atomic mass is 16.5. The van der Waals surface area contributed by atoms with E-state index in [4.69, 9.17) is 4.74 Å². The number of hydrogen-bond donors (Lipinski definition) is 1. The van der Waals surface area contributed by atoms with Crippen molar-refractivity contribution in [1.29, 1.82) is 0 Å². The molecule has 1 saturated heterocycles. The highest BCUT2D eigenvalue weighted by Gasteiger charge is 2.21. The van der Waals surface area contributed by atoms with Crippen LogP contribution in [0.3, 0.4) is 0 Å². The number of aryl methyl sites for hydroxylation is 1. The molecule has 1 N–H and O–H groups in total. The maximum atomic E-state index is 12.0. The Kier molecular flexibility index (Phi) is 4.79. The Labute approximate surface area is 141 Å². The van der Waals surface area contributed by atoms with E-state index in [9.17, 15) is 9.59 Å². The van der Waals surface area contributed by atoms with Crippen molar-refractivity contribution in [3.63, 3.8) is 0 Å². The molecule has 0 bridgehead atoms. The SMILES string of the molecule is Cc1ccccc1NC(=O)COc1ccc(N2CCCC2=O)cc1. The van der Waals surface area contributed by atoms with Crippen LogP contribution >= 0.6 is 0 Å². The molecule has 1 fully saturated rings. The molecule has 5 nitrogen and oxygen atoms in total. The van der Waals surface area contributed by atoms with Crippen molar-refractivity contribution in [2.45, 2.75) is 19.8 Å².